The number of carbonyl (C=O) groups is 1. The van der Waals surface area contributed by atoms with Crippen LogP contribution in [0.1, 0.15) is 32.3 Å². The lowest BCUT2D eigenvalue weighted by Crippen LogP contribution is -2.27. The molecule has 16 heavy (non-hydrogen) atoms. The van der Waals surface area contributed by atoms with Crippen molar-refractivity contribution in [2.24, 2.45) is 5.92 Å². The first-order chi connectivity index (χ1) is 7.58. The summed E-state index contributed by atoms with van der Waals surface area (Å²) in [4.78, 5) is 11.7. The molecular weight excluding hydrogens is 200 g/mol. The van der Waals surface area contributed by atoms with Gasteiger partial charge in [0, 0.05) is 17.8 Å². The van der Waals surface area contributed by atoms with Gasteiger partial charge in [0.05, 0.1) is 7.11 Å². The van der Waals surface area contributed by atoms with Gasteiger partial charge in [-0.1, -0.05) is 26.0 Å². The lowest BCUT2D eigenvalue weighted by molar-refractivity contribution is -0.120. The van der Waals surface area contributed by atoms with Crippen LogP contribution in [0.15, 0.2) is 24.3 Å². The molecule has 1 aromatic carbocycles. The number of hydrogen-bond acceptors (Lipinski definition) is 2. The zero-order valence-electron chi connectivity index (χ0n) is 10.1. The Labute approximate surface area is 96.6 Å². The fourth-order valence-corrected chi connectivity index (χ4v) is 2.54. The van der Waals surface area contributed by atoms with Crippen molar-refractivity contribution in [3.63, 3.8) is 0 Å². The Kier molecular flexibility index (Phi) is 2.75. The summed E-state index contributed by atoms with van der Waals surface area (Å²) in [6.45, 7) is 4.23. The smallest absolute Gasteiger partial charge is 0.136 e. The van der Waals surface area contributed by atoms with Crippen LogP contribution in [0.2, 0.25) is 0 Å². The number of hydrogen-bond donors (Lipinski definition) is 0. The molecule has 0 saturated heterocycles. The zero-order chi connectivity index (χ0) is 11.8. The molecule has 0 aromatic heterocycles. The lowest BCUT2D eigenvalue weighted by Gasteiger charge is -2.28. The predicted octanol–water partition coefficient (Wildman–Crippen LogP) is 2.95. The Hall–Kier alpha value is -1.31. The third-order valence-corrected chi connectivity index (χ3v) is 4.08. The number of ketones is 1. The molecule has 1 fully saturated rings. The van der Waals surface area contributed by atoms with E-state index in [4.69, 9.17) is 4.74 Å². The fraction of sp³-hybridized carbons (Fsp3) is 0.500. The number of methoxy groups -OCH3 is 1. The molecule has 86 valence electrons. The standard InChI is InChI=1S/C14H18O2/c1-10-13(15)8-9-14(10,2)11-4-6-12(16-3)7-5-11/h4-7,10H,8-9H2,1-3H3. The first-order valence-electron chi connectivity index (χ1n) is 5.75. The summed E-state index contributed by atoms with van der Waals surface area (Å²) in [6.07, 6.45) is 1.67. The Morgan fingerprint density at radius 2 is 1.94 bits per heavy atom. The fourth-order valence-electron chi connectivity index (χ4n) is 2.54. The van der Waals surface area contributed by atoms with Crippen LogP contribution in [-0.2, 0) is 10.2 Å². The molecule has 1 aliphatic rings. The molecule has 2 rings (SSSR count). The lowest BCUT2D eigenvalue weighted by atomic mass is 9.75. The molecule has 0 bridgehead atoms. The van der Waals surface area contributed by atoms with Gasteiger partial charge < -0.3 is 4.74 Å². The minimum absolute atomic E-state index is 0.00333. The quantitative estimate of drug-likeness (QED) is 0.763. The van der Waals surface area contributed by atoms with Crippen molar-refractivity contribution < 1.29 is 9.53 Å². The normalized spacial score (nSPS) is 29.4. The molecule has 0 amide bonds. The van der Waals surface area contributed by atoms with Gasteiger partial charge in [-0.3, -0.25) is 4.79 Å². The molecule has 0 aliphatic heterocycles. The molecule has 1 aromatic rings. The van der Waals surface area contributed by atoms with E-state index in [-0.39, 0.29) is 11.3 Å². The van der Waals surface area contributed by atoms with E-state index in [1.807, 2.05) is 19.1 Å². The molecule has 2 heteroatoms. The van der Waals surface area contributed by atoms with Crippen molar-refractivity contribution in [2.75, 3.05) is 7.11 Å². The summed E-state index contributed by atoms with van der Waals surface area (Å²) in [7, 11) is 1.67. The molecule has 1 saturated carbocycles. The van der Waals surface area contributed by atoms with Gasteiger partial charge in [-0.15, -0.1) is 0 Å². The van der Waals surface area contributed by atoms with Crippen molar-refractivity contribution in [3.8, 4) is 5.75 Å². The van der Waals surface area contributed by atoms with Crippen molar-refractivity contribution in [3.05, 3.63) is 29.8 Å². The van der Waals surface area contributed by atoms with Crippen LogP contribution < -0.4 is 4.74 Å². The predicted molar refractivity (Wildman–Crippen MR) is 63.8 cm³/mol. The number of Topliss-reactive ketones (excluding diaryl/α,β-unsaturated/α-hetero) is 1. The summed E-state index contributed by atoms with van der Waals surface area (Å²) >= 11 is 0. The Balaban J connectivity index is 2.32. The van der Waals surface area contributed by atoms with E-state index in [1.165, 1.54) is 5.56 Å². The van der Waals surface area contributed by atoms with E-state index < -0.39 is 0 Å². The van der Waals surface area contributed by atoms with Crippen molar-refractivity contribution in [1.82, 2.24) is 0 Å². The number of ether oxygens (including phenoxy) is 1. The summed E-state index contributed by atoms with van der Waals surface area (Å²) in [5, 5.41) is 0. The molecule has 2 unspecified atom stereocenters. The second-order valence-electron chi connectivity index (χ2n) is 4.83. The highest BCUT2D eigenvalue weighted by Crippen LogP contribution is 2.43. The molecule has 2 atom stereocenters. The van der Waals surface area contributed by atoms with Gasteiger partial charge in [-0.25, -0.2) is 0 Å². The monoisotopic (exact) mass is 218 g/mol. The van der Waals surface area contributed by atoms with E-state index in [0.717, 1.165) is 12.2 Å². The largest absolute Gasteiger partial charge is 0.497 e. The van der Waals surface area contributed by atoms with Crippen molar-refractivity contribution in [1.29, 1.82) is 0 Å². The molecular formula is C14H18O2. The maximum atomic E-state index is 11.7. The summed E-state index contributed by atoms with van der Waals surface area (Å²) < 4.78 is 5.15. The third-order valence-electron chi connectivity index (χ3n) is 4.08. The van der Waals surface area contributed by atoms with E-state index in [1.54, 1.807) is 7.11 Å². The molecule has 2 nitrogen and oxygen atoms in total. The number of rotatable bonds is 2. The van der Waals surface area contributed by atoms with Gasteiger partial charge in [-0.05, 0) is 24.1 Å². The number of carbonyl (C=O) groups excluding carboxylic acids is 1. The summed E-state index contributed by atoms with van der Waals surface area (Å²) in [5.74, 6) is 1.38. The molecule has 0 spiro atoms. The molecule has 0 heterocycles. The van der Waals surface area contributed by atoms with Gasteiger partial charge >= 0.3 is 0 Å². The highest BCUT2D eigenvalue weighted by Gasteiger charge is 2.42. The minimum atomic E-state index is 0.00333. The van der Waals surface area contributed by atoms with Gasteiger partial charge in [0.15, 0.2) is 0 Å². The first-order valence-corrected chi connectivity index (χ1v) is 5.75. The topological polar surface area (TPSA) is 26.3 Å². The SMILES string of the molecule is COc1ccc(C2(C)CCC(=O)C2C)cc1. The van der Waals surface area contributed by atoms with E-state index in [0.29, 0.717) is 12.2 Å². The minimum Gasteiger partial charge on any atom is -0.497 e. The van der Waals surface area contributed by atoms with Crippen LogP contribution in [0.3, 0.4) is 0 Å². The van der Waals surface area contributed by atoms with E-state index >= 15 is 0 Å². The van der Waals surface area contributed by atoms with Crippen LogP contribution in [0.25, 0.3) is 0 Å². The van der Waals surface area contributed by atoms with E-state index in [2.05, 4.69) is 19.1 Å². The van der Waals surface area contributed by atoms with E-state index in [9.17, 15) is 4.79 Å². The van der Waals surface area contributed by atoms with Gasteiger partial charge in [0.2, 0.25) is 0 Å². The first kappa shape index (κ1) is 11.2. The third kappa shape index (κ3) is 1.62. The van der Waals surface area contributed by atoms with Crippen molar-refractivity contribution >= 4 is 5.78 Å². The molecule has 0 N–H and O–H groups in total. The van der Waals surface area contributed by atoms with Crippen LogP contribution >= 0.6 is 0 Å². The van der Waals surface area contributed by atoms with Crippen LogP contribution in [0.4, 0.5) is 0 Å². The average Bonchev–Trinajstić information content (AvgIpc) is 2.59. The van der Waals surface area contributed by atoms with Crippen molar-refractivity contribution in [2.45, 2.75) is 32.1 Å². The Morgan fingerprint density at radius 1 is 1.31 bits per heavy atom. The number of benzene rings is 1. The Morgan fingerprint density at radius 3 is 2.38 bits per heavy atom. The highest BCUT2D eigenvalue weighted by atomic mass is 16.5. The summed E-state index contributed by atoms with van der Waals surface area (Å²) in [5.41, 5.74) is 1.25. The molecule has 0 radical (unpaired) electrons. The second-order valence-corrected chi connectivity index (χ2v) is 4.83. The van der Waals surface area contributed by atoms with Crippen LogP contribution in [-0.4, -0.2) is 12.9 Å². The maximum absolute atomic E-state index is 11.7. The van der Waals surface area contributed by atoms with Crippen LogP contribution in [0.5, 0.6) is 5.75 Å². The Bertz CT molecular complexity index is 394. The van der Waals surface area contributed by atoms with Gasteiger partial charge in [0.1, 0.15) is 11.5 Å². The second kappa shape index (κ2) is 3.93. The van der Waals surface area contributed by atoms with Gasteiger partial charge in [-0.2, -0.15) is 0 Å². The summed E-state index contributed by atoms with van der Waals surface area (Å²) in [6, 6.07) is 8.09. The highest BCUT2D eigenvalue weighted by molar-refractivity contribution is 5.85. The van der Waals surface area contributed by atoms with Gasteiger partial charge in [0.25, 0.3) is 0 Å². The molecule has 1 aliphatic carbocycles. The van der Waals surface area contributed by atoms with Crippen LogP contribution in [0, 0.1) is 5.92 Å². The average molecular weight is 218 g/mol. The maximum Gasteiger partial charge on any atom is 0.136 e. The zero-order valence-corrected chi connectivity index (χ0v) is 10.1.